The molecule has 1 amide bonds. The molecule has 1 N–H and O–H groups in total. The molecule has 0 aromatic heterocycles. The van der Waals surface area contributed by atoms with Gasteiger partial charge in [-0.1, -0.05) is 35.7 Å². The van der Waals surface area contributed by atoms with Gasteiger partial charge in [-0.15, -0.1) is 0 Å². The summed E-state index contributed by atoms with van der Waals surface area (Å²) in [6.07, 6.45) is 3.99. The molecule has 0 atom stereocenters. The molecule has 0 aliphatic heterocycles. The van der Waals surface area contributed by atoms with E-state index < -0.39 is 0 Å². The van der Waals surface area contributed by atoms with Crippen LogP contribution in [-0.2, 0) is 4.79 Å². The van der Waals surface area contributed by atoms with Crippen molar-refractivity contribution in [1.29, 1.82) is 0 Å². The van der Waals surface area contributed by atoms with Gasteiger partial charge in [0.25, 0.3) is 0 Å². The summed E-state index contributed by atoms with van der Waals surface area (Å²) in [5, 5.41) is 2.68. The number of hydrogen-bond acceptors (Lipinski definition) is 1. The number of halogens is 1. The topological polar surface area (TPSA) is 29.1 Å². The smallest absolute Gasteiger partial charge is 0.220 e. The van der Waals surface area contributed by atoms with Crippen LogP contribution in [0.3, 0.4) is 0 Å². The molecule has 10 heavy (non-hydrogen) atoms. The van der Waals surface area contributed by atoms with Gasteiger partial charge >= 0.3 is 0 Å². The average molecular weight is 208 g/mol. The zero-order valence-corrected chi connectivity index (χ0v) is 7.91. The molecule has 0 bridgehead atoms. The Morgan fingerprint density at radius 1 is 1.50 bits per heavy atom. The van der Waals surface area contributed by atoms with E-state index in [4.69, 9.17) is 0 Å². The number of carbonyl (C=O) groups is 1. The van der Waals surface area contributed by atoms with Crippen LogP contribution in [0.15, 0.2) is 0 Å². The molecule has 0 saturated heterocycles. The summed E-state index contributed by atoms with van der Waals surface area (Å²) in [4.78, 5) is 10.8. The molecule has 0 heterocycles. The Balaban J connectivity index is 3.05. The van der Waals surface area contributed by atoms with Gasteiger partial charge in [0, 0.05) is 6.42 Å². The third-order valence-electron chi connectivity index (χ3n) is 1.27. The summed E-state index contributed by atoms with van der Waals surface area (Å²) in [5.41, 5.74) is 0.567. The third-order valence-corrected chi connectivity index (χ3v) is 1.55. The summed E-state index contributed by atoms with van der Waals surface area (Å²) in [6.45, 7) is 2.13. The summed E-state index contributed by atoms with van der Waals surface area (Å²) < 4.78 is 0. The van der Waals surface area contributed by atoms with Gasteiger partial charge < -0.3 is 5.32 Å². The second-order valence-electron chi connectivity index (χ2n) is 2.19. The largest absolute Gasteiger partial charge is 0.346 e. The number of nitrogens with one attached hydrogen (secondary N) is 1. The molecular weight excluding hydrogens is 194 g/mol. The predicted molar refractivity (Wildman–Crippen MR) is 46.1 cm³/mol. The van der Waals surface area contributed by atoms with Crippen molar-refractivity contribution in [1.82, 2.24) is 5.32 Å². The van der Waals surface area contributed by atoms with Crippen LogP contribution in [0.1, 0.15) is 32.6 Å². The molecule has 0 aromatic rings. The van der Waals surface area contributed by atoms with Crippen LogP contribution >= 0.6 is 15.9 Å². The molecule has 0 aliphatic rings. The number of amides is 1. The molecule has 0 aromatic carbocycles. The van der Waals surface area contributed by atoms with E-state index in [0.29, 0.717) is 11.9 Å². The van der Waals surface area contributed by atoms with E-state index in [1.54, 1.807) is 0 Å². The van der Waals surface area contributed by atoms with Gasteiger partial charge in [0.2, 0.25) is 5.91 Å². The van der Waals surface area contributed by atoms with Gasteiger partial charge in [-0.3, -0.25) is 4.79 Å². The van der Waals surface area contributed by atoms with Gasteiger partial charge in [-0.2, -0.15) is 0 Å². The fourth-order valence-corrected chi connectivity index (χ4v) is 1.01. The Labute approximate surface area is 70.5 Å². The lowest BCUT2D eigenvalue weighted by molar-refractivity contribution is -0.120. The van der Waals surface area contributed by atoms with Crippen molar-refractivity contribution >= 4 is 21.8 Å². The Hall–Kier alpha value is -0.0500. The van der Waals surface area contributed by atoms with Crippen molar-refractivity contribution in [2.75, 3.05) is 5.45 Å². The van der Waals surface area contributed by atoms with Gasteiger partial charge in [0.05, 0.1) is 5.45 Å². The summed E-state index contributed by atoms with van der Waals surface area (Å²) in [7, 11) is 0. The van der Waals surface area contributed by atoms with E-state index in [0.717, 1.165) is 12.8 Å². The highest BCUT2D eigenvalue weighted by Gasteiger charge is 1.96. The molecule has 0 unspecified atom stereocenters. The van der Waals surface area contributed by atoms with Gasteiger partial charge in [-0.25, -0.2) is 0 Å². The van der Waals surface area contributed by atoms with Crippen LogP contribution in [0.2, 0.25) is 0 Å². The zero-order valence-electron chi connectivity index (χ0n) is 6.32. The highest BCUT2D eigenvalue weighted by Crippen LogP contribution is 1.97. The average Bonchev–Trinajstić information content (AvgIpc) is 1.89. The van der Waals surface area contributed by atoms with Gasteiger partial charge in [-0.05, 0) is 6.42 Å². The number of alkyl halides is 1. The Kier molecular flexibility index (Phi) is 7.03. The van der Waals surface area contributed by atoms with Crippen LogP contribution in [-0.4, -0.2) is 11.4 Å². The van der Waals surface area contributed by atoms with Crippen molar-refractivity contribution in [3.05, 3.63) is 0 Å². The summed E-state index contributed by atoms with van der Waals surface area (Å²) in [6, 6.07) is 0. The Morgan fingerprint density at radius 3 is 2.70 bits per heavy atom. The maximum absolute atomic E-state index is 10.8. The first-order valence-corrected chi connectivity index (χ1v) is 4.76. The lowest BCUT2D eigenvalue weighted by Gasteiger charge is -1.98. The lowest BCUT2D eigenvalue weighted by Crippen LogP contribution is -2.20. The minimum absolute atomic E-state index is 0.144. The molecule has 0 radical (unpaired) electrons. The monoisotopic (exact) mass is 207 g/mol. The number of carbonyl (C=O) groups excluding carboxylic acids is 1. The van der Waals surface area contributed by atoms with Crippen molar-refractivity contribution in [2.45, 2.75) is 32.6 Å². The van der Waals surface area contributed by atoms with E-state index >= 15 is 0 Å². The van der Waals surface area contributed by atoms with Gasteiger partial charge in [0.15, 0.2) is 0 Å². The summed E-state index contributed by atoms with van der Waals surface area (Å²) in [5.74, 6) is 0.144. The van der Waals surface area contributed by atoms with Crippen molar-refractivity contribution in [3.63, 3.8) is 0 Å². The minimum Gasteiger partial charge on any atom is -0.346 e. The van der Waals surface area contributed by atoms with E-state index in [9.17, 15) is 4.79 Å². The molecule has 0 saturated carbocycles. The Bertz CT molecular complexity index is 95.6. The van der Waals surface area contributed by atoms with Crippen molar-refractivity contribution in [2.24, 2.45) is 0 Å². The number of hydrogen-bond donors (Lipinski definition) is 1. The highest BCUT2D eigenvalue weighted by molar-refractivity contribution is 9.09. The standard InChI is InChI=1S/C7H14BrNO/c1-2-3-4-5-7(10)9-6-8/h2-6H2,1H3,(H,9,10). The van der Waals surface area contributed by atoms with E-state index in [1.165, 1.54) is 6.42 Å². The van der Waals surface area contributed by atoms with E-state index in [-0.39, 0.29) is 5.91 Å². The second-order valence-corrected chi connectivity index (χ2v) is 2.75. The van der Waals surface area contributed by atoms with Gasteiger partial charge in [0.1, 0.15) is 0 Å². The number of unbranched alkanes of at least 4 members (excludes halogenated alkanes) is 2. The first-order chi connectivity index (χ1) is 4.81. The molecule has 0 spiro atoms. The second kappa shape index (κ2) is 7.06. The van der Waals surface area contributed by atoms with Crippen LogP contribution < -0.4 is 5.32 Å². The Morgan fingerprint density at radius 2 is 2.20 bits per heavy atom. The SMILES string of the molecule is CCCCCC(=O)NCBr. The molecule has 0 aliphatic carbocycles. The van der Waals surface area contributed by atoms with Crippen molar-refractivity contribution in [3.8, 4) is 0 Å². The van der Waals surface area contributed by atoms with Crippen LogP contribution in [0, 0.1) is 0 Å². The first-order valence-electron chi connectivity index (χ1n) is 3.64. The maximum Gasteiger partial charge on any atom is 0.220 e. The van der Waals surface area contributed by atoms with Crippen LogP contribution in [0.4, 0.5) is 0 Å². The first kappa shape index (κ1) is 9.95. The van der Waals surface area contributed by atoms with Crippen molar-refractivity contribution < 1.29 is 4.79 Å². The van der Waals surface area contributed by atoms with Crippen LogP contribution in [0.25, 0.3) is 0 Å². The van der Waals surface area contributed by atoms with E-state index in [2.05, 4.69) is 28.2 Å². The summed E-state index contributed by atoms with van der Waals surface area (Å²) >= 11 is 3.13. The zero-order chi connectivity index (χ0) is 7.82. The molecule has 60 valence electrons. The maximum atomic E-state index is 10.8. The molecule has 2 nitrogen and oxygen atoms in total. The number of rotatable bonds is 5. The molecule has 0 rings (SSSR count). The molecule has 0 fully saturated rings. The van der Waals surface area contributed by atoms with E-state index in [1.807, 2.05) is 0 Å². The quantitative estimate of drug-likeness (QED) is 0.418. The fraction of sp³-hybridized carbons (Fsp3) is 0.857. The fourth-order valence-electron chi connectivity index (χ4n) is 0.698. The predicted octanol–water partition coefficient (Wildman–Crippen LogP) is 2.04. The molecular formula is C7H14BrNO. The normalized spacial score (nSPS) is 9.40. The molecule has 3 heteroatoms. The minimum atomic E-state index is 0.144. The third kappa shape index (κ3) is 6.08. The highest BCUT2D eigenvalue weighted by atomic mass is 79.9. The van der Waals surface area contributed by atoms with Crippen LogP contribution in [0.5, 0.6) is 0 Å². The lowest BCUT2D eigenvalue weighted by atomic mass is 10.2.